The summed E-state index contributed by atoms with van der Waals surface area (Å²) in [6.45, 7) is 3.13. The van der Waals surface area contributed by atoms with E-state index in [-0.39, 0.29) is 0 Å². The number of ether oxygens (including phenoxy) is 1. The van der Waals surface area contributed by atoms with Gasteiger partial charge in [-0.15, -0.1) is 0 Å². The molecular weight excluding hydrogens is 286 g/mol. The fourth-order valence-electron chi connectivity index (χ4n) is 2.09. The van der Waals surface area contributed by atoms with Gasteiger partial charge in [-0.3, -0.25) is 0 Å². The average molecular weight is 302 g/mol. The van der Waals surface area contributed by atoms with Gasteiger partial charge in [-0.1, -0.05) is 22.9 Å². The second-order valence-corrected chi connectivity index (χ2v) is 5.65. The number of halogens is 1. The Morgan fingerprint density at radius 2 is 2.38 bits per heavy atom. The molecular formula is C12H16BrNOS. The Labute approximate surface area is 109 Å². The zero-order valence-corrected chi connectivity index (χ0v) is 12.0. The predicted octanol–water partition coefficient (Wildman–Crippen LogP) is 3.36. The molecule has 1 N–H and O–H groups in total. The van der Waals surface area contributed by atoms with Crippen LogP contribution in [0.3, 0.4) is 0 Å². The summed E-state index contributed by atoms with van der Waals surface area (Å²) in [5.41, 5.74) is 2.71. The molecule has 0 bridgehead atoms. The molecule has 0 spiro atoms. The Morgan fingerprint density at radius 3 is 3.06 bits per heavy atom. The van der Waals surface area contributed by atoms with Crippen LogP contribution in [0, 0.1) is 0 Å². The van der Waals surface area contributed by atoms with Gasteiger partial charge in [0.05, 0.1) is 7.11 Å². The van der Waals surface area contributed by atoms with Crippen molar-refractivity contribution in [3.63, 3.8) is 0 Å². The second-order valence-electron chi connectivity index (χ2n) is 3.77. The summed E-state index contributed by atoms with van der Waals surface area (Å²) in [5.74, 6) is 3.19. The number of rotatable bonds is 3. The summed E-state index contributed by atoms with van der Waals surface area (Å²) in [6, 6.07) is 4.53. The Hall–Kier alpha value is -0.190. The highest BCUT2D eigenvalue weighted by atomic mass is 79.9. The third-order valence-corrected chi connectivity index (χ3v) is 4.61. The van der Waals surface area contributed by atoms with E-state index in [1.54, 1.807) is 7.11 Å². The Kier molecular flexibility index (Phi) is 4.16. The first-order valence-electron chi connectivity index (χ1n) is 5.44. The SMILES string of the molecule is CCNC1CSCc2c(Br)ccc(OC)c21. The van der Waals surface area contributed by atoms with Crippen molar-refractivity contribution in [3.8, 4) is 5.75 Å². The van der Waals surface area contributed by atoms with Gasteiger partial charge in [-0.25, -0.2) is 0 Å². The third-order valence-electron chi connectivity index (χ3n) is 2.81. The number of benzene rings is 1. The van der Waals surface area contributed by atoms with E-state index in [1.165, 1.54) is 15.6 Å². The Morgan fingerprint density at radius 1 is 1.56 bits per heavy atom. The molecule has 16 heavy (non-hydrogen) atoms. The van der Waals surface area contributed by atoms with Crippen LogP contribution in [0.25, 0.3) is 0 Å². The molecule has 2 rings (SSSR count). The predicted molar refractivity (Wildman–Crippen MR) is 73.3 cm³/mol. The smallest absolute Gasteiger partial charge is 0.124 e. The van der Waals surface area contributed by atoms with Gasteiger partial charge in [0.15, 0.2) is 0 Å². The molecule has 1 aliphatic heterocycles. The van der Waals surface area contributed by atoms with E-state index < -0.39 is 0 Å². The highest BCUT2D eigenvalue weighted by Gasteiger charge is 2.25. The molecule has 1 heterocycles. The van der Waals surface area contributed by atoms with E-state index in [9.17, 15) is 0 Å². The minimum Gasteiger partial charge on any atom is -0.496 e. The quantitative estimate of drug-likeness (QED) is 0.925. The molecule has 0 saturated heterocycles. The third kappa shape index (κ3) is 2.24. The lowest BCUT2D eigenvalue weighted by molar-refractivity contribution is 0.401. The van der Waals surface area contributed by atoms with Gasteiger partial charge in [0.2, 0.25) is 0 Å². The highest BCUT2D eigenvalue weighted by Crippen LogP contribution is 2.41. The van der Waals surface area contributed by atoms with E-state index in [2.05, 4.69) is 34.2 Å². The minimum atomic E-state index is 0.409. The molecule has 1 aliphatic rings. The molecule has 2 nitrogen and oxygen atoms in total. The molecule has 0 saturated carbocycles. The lowest BCUT2D eigenvalue weighted by Crippen LogP contribution is -2.27. The standard InChI is InChI=1S/C12H16BrNOS/c1-3-14-10-7-16-6-8-9(13)4-5-11(15-2)12(8)10/h4-5,10,14H,3,6-7H2,1-2H3. The van der Waals surface area contributed by atoms with E-state index in [1.807, 2.05) is 17.8 Å². The largest absolute Gasteiger partial charge is 0.496 e. The molecule has 1 unspecified atom stereocenters. The van der Waals surface area contributed by atoms with Gasteiger partial charge in [0.1, 0.15) is 5.75 Å². The number of thioether (sulfide) groups is 1. The number of hydrogen-bond donors (Lipinski definition) is 1. The molecule has 0 radical (unpaired) electrons. The van der Waals surface area contributed by atoms with Gasteiger partial charge < -0.3 is 10.1 Å². The van der Waals surface area contributed by atoms with Crippen molar-refractivity contribution in [2.75, 3.05) is 19.4 Å². The van der Waals surface area contributed by atoms with E-state index >= 15 is 0 Å². The van der Waals surface area contributed by atoms with E-state index in [4.69, 9.17) is 4.74 Å². The summed E-state index contributed by atoms with van der Waals surface area (Å²) in [4.78, 5) is 0. The average Bonchev–Trinajstić information content (AvgIpc) is 2.31. The van der Waals surface area contributed by atoms with Crippen molar-refractivity contribution in [2.45, 2.75) is 18.7 Å². The van der Waals surface area contributed by atoms with Crippen LogP contribution in [0.4, 0.5) is 0 Å². The van der Waals surface area contributed by atoms with Crippen LogP contribution in [0.1, 0.15) is 24.1 Å². The fourth-order valence-corrected chi connectivity index (χ4v) is 3.92. The molecule has 0 aliphatic carbocycles. The zero-order chi connectivity index (χ0) is 11.5. The van der Waals surface area contributed by atoms with Crippen molar-refractivity contribution in [3.05, 3.63) is 27.7 Å². The Bertz CT molecular complexity index is 384. The zero-order valence-electron chi connectivity index (χ0n) is 9.55. The summed E-state index contributed by atoms with van der Waals surface area (Å²) < 4.78 is 6.67. The summed E-state index contributed by atoms with van der Waals surface area (Å²) in [6.07, 6.45) is 0. The van der Waals surface area contributed by atoms with E-state index in [0.29, 0.717) is 6.04 Å². The molecule has 1 atom stereocenters. The number of fused-ring (bicyclic) bond motifs is 1. The first-order chi connectivity index (χ1) is 7.77. The first kappa shape index (κ1) is 12.3. The maximum atomic E-state index is 5.47. The minimum absolute atomic E-state index is 0.409. The van der Waals surface area contributed by atoms with Crippen LogP contribution >= 0.6 is 27.7 Å². The van der Waals surface area contributed by atoms with Gasteiger partial charge in [-0.2, -0.15) is 11.8 Å². The van der Waals surface area contributed by atoms with Crippen LogP contribution in [0.2, 0.25) is 0 Å². The van der Waals surface area contributed by atoms with Crippen LogP contribution in [0.15, 0.2) is 16.6 Å². The number of methoxy groups -OCH3 is 1. The monoisotopic (exact) mass is 301 g/mol. The summed E-state index contributed by atoms with van der Waals surface area (Å²) in [7, 11) is 1.74. The lowest BCUT2D eigenvalue weighted by atomic mass is 10.0. The number of nitrogens with one attached hydrogen (secondary N) is 1. The molecule has 4 heteroatoms. The Balaban J connectivity index is 2.47. The van der Waals surface area contributed by atoms with Crippen LogP contribution < -0.4 is 10.1 Å². The lowest BCUT2D eigenvalue weighted by Gasteiger charge is -2.28. The highest BCUT2D eigenvalue weighted by molar-refractivity contribution is 9.10. The normalized spacial score (nSPS) is 19.3. The molecule has 1 aromatic carbocycles. The molecule has 88 valence electrons. The van der Waals surface area contributed by atoms with Gasteiger partial charge in [0.25, 0.3) is 0 Å². The van der Waals surface area contributed by atoms with E-state index in [0.717, 1.165) is 23.8 Å². The van der Waals surface area contributed by atoms with Crippen molar-refractivity contribution >= 4 is 27.7 Å². The van der Waals surface area contributed by atoms with Crippen LogP contribution in [-0.4, -0.2) is 19.4 Å². The van der Waals surface area contributed by atoms with Gasteiger partial charge in [-0.05, 0) is 24.2 Å². The van der Waals surface area contributed by atoms with Gasteiger partial charge >= 0.3 is 0 Å². The first-order valence-corrected chi connectivity index (χ1v) is 7.39. The molecule has 0 fully saturated rings. The van der Waals surface area contributed by atoms with Crippen LogP contribution in [0.5, 0.6) is 5.75 Å². The van der Waals surface area contributed by atoms with Gasteiger partial charge in [0, 0.05) is 27.6 Å². The molecule has 0 aromatic heterocycles. The summed E-state index contributed by atoms with van der Waals surface area (Å²) in [5, 5.41) is 3.52. The van der Waals surface area contributed by atoms with Crippen LogP contribution in [-0.2, 0) is 5.75 Å². The molecule has 0 amide bonds. The molecule has 1 aromatic rings. The second kappa shape index (κ2) is 5.43. The fraction of sp³-hybridized carbons (Fsp3) is 0.500. The number of hydrogen-bond acceptors (Lipinski definition) is 3. The van der Waals surface area contributed by atoms with Crippen molar-refractivity contribution in [2.24, 2.45) is 0 Å². The van der Waals surface area contributed by atoms with Crippen molar-refractivity contribution in [1.29, 1.82) is 0 Å². The topological polar surface area (TPSA) is 21.3 Å². The summed E-state index contributed by atoms with van der Waals surface area (Å²) >= 11 is 5.60. The van der Waals surface area contributed by atoms with Crippen molar-refractivity contribution < 1.29 is 4.74 Å². The van der Waals surface area contributed by atoms with Crippen molar-refractivity contribution in [1.82, 2.24) is 5.32 Å². The maximum Gasteiger partial charge on any atom is 0.124 e. The maximum absolute atomic E-state index is 5.47.